The van der Waals surface area contributed by atoms with Gasteiger partial charge in [-0.2, -0.15) is 0 Å². The Kier molecular flexibility index (Phi) is 6.73. The Labute approximate surface area is 128 Å². The maximum atomic E-state index is 10.4. The van der Waals surface area contributed by atoms with Crippen LogP contribution >= 0.6 is 0 Å². The lowest BCUT2D eigenvalue weighted by atomic mass is 9.85. The summed E-state index contributed by atoms with van der Waals surface area (Å²) >= 11 is 0. The van der Waals surface area contributed by atoms with Crippen LogP contribution in [-0.2, 0) is 16.6 Å². The van der Waals surface area contributed by atoms with Crippen LogP contribution in [0.1, 0.15) is 64.5 Å². The summed E-state index contributed by atoms with van der Waals surface area (Å²) < 4.78 is 5.92. The molecule has 1 aromatic carbocycles. The predicted octanol–water partition coefficient (Wildman–Crippen LogP) is 4.57. The Morgan fingerprint density at radius 3 is 2.48 bits per heavy atom. The zero-order chi connectivity index (χ0) is 15.9. The van der Waals surface area contributed by atoms with Crippen molar-refractivity contribution < 1.29 is 14.6 Å². The van der Waals surface area contributed by atoms with Crippen LogP contribution in [0.3, 0.4) is 0 Å². The Balaban J connectivity index is 2.56. The molecule has 0 spiro atoms. The van der Waals surface area contributed by atoms with Crippen molar-refractivity contribution in [1.82, 2.24) is 0 Å². The van der Waals surface area contributed by atoms with E-state index in [9.17, 15) is 4.79 Å². The Bertz CT molecular complexity index is 458. The summed E-state index contributed by atoms with van der Waals surface area (Å²) in [4.78, 5) is 10.4. The van der Waals surface area contributed by atoms with Crippen molar-refractivity contribution >= 4 is 5.97 Å². The van der Waals surface area contributed by atoms with E-state index in [1.54, 1.807) is 0 Å². The van der Waals surface area contributed by atoms with E-state index in [0.717, 1.165) is 31.4 Å². The Morgan fingerprint density at radius 1 is 1.19 bits per heavy atom. The topological polar surface area (TPSA) is 46.5 Å². The first-order chi connectivity index (χ1) is 9.84. The van der Waals surface area contributed by atoms with Crippen LogP contribution in [-0.4, -0.2) is 17.7 Å². The van der Waals surface area contributed by atoms with Crippen molar-refractivity contribution in [3.8, 4) is 5.75 Å². The second kappa shape index (κ2) is 8.06. The molecule has 0 atom stereocenters. The van der Waals surface area contributed by atoms with Crippen molar-refractivity contribution in [2.45, 2.75) is 65.2 Å². The van der Waals surface area contributed by atoms with Crippen molar-refractivity contribution in [1.29, 1.82) is 0 Å². The van der Waals surface area contributed by atoms with Crippen molar-refractivity contribution in [3.05, 3.63) is 29.3 Å². The molecule has 0 radical (unpaired) electrons. The highest BCUT2D eigenvalue weighted by molar-refractivity contribution is 5.66. The van der Waals surface area contributed by atoms with Gasteiger partial charge in [0.25, 0.3) is 0 Å². The van der Waals surface area contributed by atoms with E-state index in [4.69, 9.17) is 9.84 Å². The third-order valence-electron chi connectivity index (χ3n) is 3.55. The maximum absolute atomic E-state index is 10.4. The maximum Gasteiger partial charge on any atom is 0.303 e. The number of carbonyl (C=O) groups is 1. The second-order valence-electron chi connectivity index (χ2n) is 6.49. The van der Waals surface area contributed by atoms with E-state index in [0.29, 0.717) is 6.61 Å². The molecule has 3 heteroatoms. The monoisotopic (exact) mass is 292 g/mol. The minimum Gasteiger partial charge on any atom is -0.493 e. The van der Waals surface area contributed by atoms with Gasteiger partial charge in [-0.25, -0.2) is 0 Å². The summed E-state index contributed by atoms with van der Waals surface area (Å²) in [6.45, 7) is 9.39. The minimum absolute atomic E-state index is 0.0593. The lowest BCUT2D eigenvalue weighted by Crippen LogP contribution is -2.14. The van der Waals surface area contributed by atoms with E-state index < -0.39 is 5.97 Å². The molecule has 0 aliphatic rings. The SMILES string of the molecule is CCc1ccc(OCCCCCC(=O)O)c(C(C)(C)C)c1. The normalized spacial score (nSPS) is 11.4. The molecule has 1 aromatic rings. The molecule has 3 nitrogen and oxygen atoms in total. The number of carboxylic acids is 1. The molecule has 1 N–H and O–H groups in total. The lowest BCUT2D eigenvalue weighted by molar-refractivity contribution is -0.137. The summed E-state index contributed by atoms with van der Waals surface area (Å²) in [5.74, 6) is 0.235. The number of carboxylic acid groups (broad SMARTS) is 1. The number of hydrogen-bond donors (Lipinski definition) is 1. The van der Waals surface area contributed by atoms with Crippen molar-refractivity contribution in [2.75, 3.05) is 6.61 Å². The number of ether oxygens (including phenoxy) is 1. The highest BCUT2D eigenvalue weighted by Gasteiger charge is 2.19. The fourth-order valence-corrected chi connectivity index (χ4v) is 2.25. The number of aryl methyl sites for hydroxylation is 1. The number of rotatable bonds is 8. The molecule has 0 fully saturated rings. The minimum atomic E-state index is -0.721. The smallest absolute Gasteiger partial charge is 0.303 e. The van der Waals surface area contributed by atoms with Gasteiger partial charge in [-0.1, -0.05) is 39.8 Å². The lowest BCUT2D eigenvalue weighted by Gasteiger charge is -2.23. The predicted molar refractivity (Wildman–Crippen MR) is 86.1 cm³/mol. The van der Waals surface area contributed by atoms with E-state index in [1.165, 1.54) is 11.1 Å². The quantitative estimate of drug-likeness (QED) is 0.714. The fourth-order valence-electron chi connectivity index (χ4n) is 2.25. The highest BCUT2D eigenvalue weighted by Crippen LogP contribution is 2.32. The van der Waals surface area contributed by atoms with Gasteiger partial charge in [0.05, 0.1) is 6.61 Å². The van der Waals surface area contributed by atoms with Crippen LogP contribution in [0.15, 0.2) is 18.2 Å². The molecular weight excluding hydrogens is 264 g/mol. The summed E-state index contributed by atoms with van der Waals surface area (Å²) in [6.07, 6.45) is 3.78. The average Bonchev–Trinajstić information content (AvgIpc) is 2.41. The standard InChI is InChI=1S/C18H28O3/c1-5-14-10-11-16(15(13-14)18(2,3)4)21-12-8-6-7-9-17(19)20/h10-11,13H,5-9,12H2,1-4H3,(H,19,20). The molecule has 0 aromatic heterocycles. The third kappa shape index (κ3) is 6.19. The van der Waals surface area contributed by atoms with Gasteiger partial charge in [-0.3, -0.25) is 4.79 Å². The Morgan fingerprint density at radius 2 is 1.90 bits per heavy atom. The van der Waals surface area contributed by atoms with Crippen LogP contribution in [0.5, 0.6) is 5.75 Å². The molecule has 0 saturated heterocycles. The van der Waals surface area contributed by atoms with Gasteiger partial charge in [0.1, 0.15) is 5.75 Å². The molecule has 1 rings (SSSR count). The van der Waals surface area contributed by atoms with Crippen LogP contribution < -0.4 is 4.74 Å². The number of aliphatic carboxylic acids is 1. The summed E-state index contributed by atoms with van der Waals surface area (Å²) in [7, 11) is 0. The van der Waals surface area contributed by atoms with E-state index in [-0.39, 0.29) is 11.8 Å². The van der Waals surface area contributed by atoms with Gasteiger partial charge in [-0.05, 0) is 48.3 Å². The number of benzene rings is 1. The van der Waals surface area contributed by atoms with Gasteiger partial charge >= 0.3 is 5.97 Å². The zero-order valence-corrected chi connectivity index (χ0v) is 13.7. The molecule has 0 aliphatic carbocycles. The van der Waals surface area contributed by atoms with Crippen LogP contribution in [0.4, 0.5) is 0 Å². The van der Waals surface area contributed by atoms with Crippen LogP contribution in [0.2, 0.25) is 0 Å². The van der Waals surface area contributed by atoms with Crippen LogP contribution in [0.25, 0.3) is 0 Å². The highest BCUT2D eigenvalue weighted by atomic mass is 16.5. The molecule has 0 unspecified atom stereocenters. The van der Waals surface area contributed by atoms with E-state index >= 15 is 0 Å². The van der Waals surface area contributed by atoms with Gasteiger partial charge < -0.3 is 9.84 Å². The number of unbranched alkanes of at least 4 members (excludes halogenated alkanes) is 2. The first-order valence-electron chi connectivity index (χ1n) is 7.82. The Hall–Kier alpha value is -1.51. The van der Waals surface area contributed by atoms with Crippen LogP contribution in [0, 0.1) is 0 Å². The second-order valence-corrected chi connectivity index (χ2v) is 6.49. The molecule has 0 heterocycles. The average molecular weight is 292 g/mol. The first-order valence-corrected chi connectivity index (χ1v) is 7.82. The zero-order valence-electron chi connectivity index (χ0n) is 13.7. The third-order valence-corrected chi connectivity index (χ3v) is 3.55. The molecule has 21 heavy (non-hydrogen) atoms. The summed E-state index contributed by atoms with van der Waals surface area (Å²) in [5.41, 5.74) is 2.63. The summed E-state index contributed by atoms with van der Waals surface area (Å²) in [6, 6.07) is 6.42. The summed E-state index contributed by atoms with van der Waals surface area (Å²) in [5, 5.41) is 8.59. The van der Waals surface area contributed by atoms with Crippen molar-refractivity contribution in [3.63, 3.8) is 0 Å². The fraction of sp³-hybridized carbons (Fsp3) is 0.611. The van der Waals surface area contributed by atoms with E-state index in [2.05, 4.69) is 45.9 Å². The van der Waals surface area contributed by atoms with Gasteiger partial charge in [0.2, 0.25) is 0 Å². The van der Waals surface area contributed by atoms with Gasteiger partial charge in [0, 0.05) is 6.42 Å². The molecule has 0 amide bonds. The molecule has 0 bridgehead atoms. The first kappa shape index (κ1) is 17.5. The number of hydrogen-bond acceptors (Lipinski definition) is 2. The van der Waals surface area contributed by atoms with E-state index in [1.807, 2.05) is 0 Å². The largest absolute Gasteiger partial charge is 0.493 e. The molecule has 0 saturated carbocycles. The molecule has 118 valence electrons. The van der Waals surface area contributed by atoms with Gasteiger partial charge in [-0.15, -0.1) is 0 Å². The van der Waals surface area contributed by atoms with Crippen molar-refractivity contribution in [2.24, 2.45) is 0 Å². The molecule has 0 aliphatic heterocycles. The molecular formula is C18H28O3. The van der Waals surface area contributed by atoms with Gasteiger partial charge in [0.15, 0.2) is 0 Å².